The van der Waals surface area contributed by atoms with Crippen LogP contribution in [0.15, 0.2) is 102 Å². The molecule has 0 radical (unpaired) electrons. The molecule has 0 saturated carbocycles. The van der Waals surface area contributed by atoms with Gasteiger partial charge in [0.15, 0.2) is 0 Å². The predicted octanol–water partition coefficient (Wildman–Crippen LogP) is 4.98. The van der Waals surface area contributed by atoms with Crippen LogP contribution in [0.25, 0.3) is 5.69 Å². The van der Waals surface area contributed by atoms with Crippen molar-refractivity contribution in [1.82, 2.24) is 9.88 Å². The van der Waals surface area contributed by atoms with Crippen LogP contribution in [0.4, 0.5) is 10.1 Å². The molecule has 0 aliphatic carbocycles. The van der Waals surface area contributed by atoms with Gasteiger partial charge in [-0.15, -0.1) is 0 Å². The van der Waals surface area contributed by atoms with Gasteiger partial charge in [-0.2, -0.15) is 0 Å². The van der Waals surface area contributed by atoms with E-state index in [9.17, 15) is 18.8 Å². The van der Waals surface area contributed by atoms with Crippen LogP contribution in [0.1, 0.15) is 39.6 Å². The Kier molecular flexibility index (Phi) is 7.70. The van der Waals surface area contributed by atoms with E-state index in [0.717, 1.165) is 12.8 Å². The lowest BCUT2D eigenvalue weighted by Crippen LogP contribution is -2.37. The first kappa shape index (κ1) is 24.6. The number of aromatic nitrogens is 1. The molecule has 2 N–H and O–H groups in total. The second-order valence-electron chi connectivity index (χ2n) is 8.50. The van der Waals surface area contributed by atoms with E-state index in [0.29, 0.717) is 16.9 Å². The van der Waals surface area contributed by atoms with Crippen molar-refractivity contribution < 1.29 is 14.0 Å². The van der Waals surface area contributed by atoms with Crippen molar-refractivity contribution in [2.75, 3.05) is 5.32 Å². The van der Waals surface area contributed by atoms with E-state index in [4.69, 9.17) is 0 Å². The van der Waals surface area contributed by atoms with Gasteiger partial charge in [-0.05, 0) is 86.0 Å². The molecule has 6 nitrogen and oxygen atoms in total. The summed E-state index contributed by atoms with van der Waals surface area (Å²) in [6.45, 7) is 1.92. The van der Waals surface area contributed by atoms with E-state index >= 15 is 0 Å². The Hall–Kier alpha value is -4.52. The van der Waals surface area contributed by atoms with Crippen LogP contribution in [0, 0.1) is 5.82 Å². The molecular formula is C29H26FN3O3. The Balaban J connectivity index is 1.42. The molecule has 0 spiro atoms. The largest absolute Gasteiger partial charge is 0.349 e. The van der Waals surface area contributed by atoms with E-state index < -0.39 is 17.3 Å². The molecule has 1 aromatic heterocycles. The molecule has 0 unspecified atom stereocenters. The van der Waals surface area contributed by atoms with Gasteiger partial charge in [-0.25, -0.2) is 4.39 Å². The highest BCUT2D eigenvalue weighted by molar-refractivity contribution is 6.04. The second-order valence-corrected chi connectivity index (χ2v) is 8.50. The van der Waals surface area contributed by atoms with Crippen molar-refractivity contribution in [2.45, 2.75) is 25.8 Å². The van der Waals surface area contributed by atoms with Crippen molar-refractivity contribution in [3.63, 3.8) is 0 Å². The third kappa shape index (κ3) is 6.13. The zero-order valence-corrected chi connectivity index (χ0v) is 19.8. The molecule has 0 saturated heterocycles. The molecule has 4 rings (SSSR count). The van der Waals surface area contributed by atoms with Gasteiger partial charge in [-0.1, -0.05) is 30.3 Å². The van der Waals surface area contributed by atoms with Gasteiger partial charge in [0.1, 0.15) is 11.4 Å². The number of carbonyl (C=O) groups excluding carboxylic acids is 2. The third-order valence-corrected chi connectivity index (χ3v) is 5.79. The number of nitrogens with one attached hydrogen (secondary N) is 2. The van der Waals surface area contributed by atoms with Gasteiger partial charge >= 0.3 is 0 Å². The number of nitrogens with zero attached hydrogens (tertiary/aromatic N) is 1. The number of aryl methyl sites for hydroxylation is 1. The first-order chi connectivity index (χ1) is 17.4. The molecule has 1 heterocycles. The Labute approximate surface area is 208 Å². The van der Waals surface area contributed by atoms with Crippen LogP contribution >= 0.6 is 0 Å². The van der Waals surface area contributed by atoms with Gasteiger partial charge in [0, 0.05) is 29.2 Å². The van der Waals surface area contributed by atoms with Crippen LogP contribution in [0.3, 0.4) is 0 Å². The van der Waals surface area contributed by atoms with E-state index in [1.54, 1.807) is 36.5 Å². The highest BCUT2D eigenvalue weighted by atomic mass is 19.1. The van der Waals surface area contributed by atoms with Crippen LogP contribution in [0.2, 0.25) is 0 Å². The fourth-order valence-corrected chi connectivity index (χ4v) is 3.78. The summed E-state index contributed by atoms with van der Waals surface area (Å²) in [5.74, 6) is -1.21. The maximum atomic E-state index is 13.1. The Morgan fingerprint density at radius 2 is 1.56 bits per heavy atom. The number of pyridine rings is 1. The first-order valence-corrected chi connectivity index (χ1v) is 11.6. The maximum absolute atomic E-state index is 13.1. The van der Waals surface area contributed by atoms with Gasteiger partial charge in [-0.3, -0.25) is 19.0 Å². The molecule has 0 aliphatic heterocycles. The summed E-state index contributed by atoms with van der Waals surface area (Å²) in [5.41, 5.74) is 2.20. The molecule has 7 heteroatoms. The summed E-state index contributed by atoms with van der Waals surface area (Å²) in [6, 6.07) is 25.0. The van der Waals surface area contributed by atoms with Crippen molar-refractivity contribution in [2.24, 2.45) is 0 Å². The average molecular weight is 484 g/mol. The van der Waals surface area contributed by atoms with E-state index in [1.165, 1.54) is 40.5 Å². The lowest BCUT2D eigenvalue weighted by molar-refractivity contribution is 0.0936. The van der Waals surface area contributed by atoms with Crippen LogP contribution in [-0.4, -0.2) is 22.4 Å². The Bertz CT molecular complexity index is 1400. The fraction of sp³-hybridized carbons (Fsp3) is 0.138. The number of anilines is 1. The molecule has 0 bridgehead atoms. The monoisotopic (exact) mass is 483 g/mol. The summed E-state index contributed by atoms with van der Waals surface area (Å²) < 4.78 is 14.5. The molecule has 1 atom stereocenters. The second kappa shape index (κ2) is 11.3. The van der Waals surface area contributed by atoms with E-state index in [-0.39, 0.29) is 17.5 Å². The molecule has 4 aromatic rings. The number of amides is 2. The number of rotatable bonds is 8. The van der Waals surface area contributed by atoms with Gasteiger partial charge in [0.05, 0.1) is 0 Å². The highest BCUT2D eigenvalue weighted by Crippen LogP contribution is 2.14. The van der Waals surface area contributed by atoms with Crippen LogP contribution in [-0.2, 0) is 6.42 Å². The minimum atomic E-state index is -0.437. The zero-order valence-electron chi connectivity index (χ0n) is 19.8. The average Bonchev–Trinajstić information content (AvgIpc) is 2.89. The molecular weight excluding hydrogens is 457 g/mol. The van der Waals surface area contributed by atoms with E-state index in [2.05, 4.69) is 10.6 Å². The molecule has 0 aliphatic rings. The zero-order chi connectivity index (χ0) is 25.5. The smallest absolute Gasteiger partial charge is 0.267 e. The minimum absolute atomic E-state index is 0.0535. The minimum Gasteiger partial charge on any atom is -0.349 e. The Morgan fingerprint density at radius 1 is 0.861 bits per heavy atom. The lowest BCUT2D eigenvalue weighted by Gasteiger charge is -2.15. The Morgan fingerprint density at radius 3 is 2.25 bits per heavy atom. The fourth-order valence-electron chi connectivity index (χ4n) is 3.78. The lowest BCUT2D eigenvalue weighted by atomic mass is 10.1. The third-order valence-electron chi connectivity index (χ3n) is 5.79. The van der Waals surface area contributed by atoms with Gasteiger partial charge in [0.2, 0.25) is 0 Å². The normalized spacial score (nSPS) is 11.5. The van der Waals surface area contributed by atoms with Crippen LogP contribution in [0.5, 0.6) is 0 Å². The highest BCUT2D eigenvalue weighted by Gasteiger charge is 2.15. The quantitative estimate of drug-likeness (QED) is 0.371. The molecule has 3 aromatic carbocycles. The van der Waals surface area contributed by atoms with Crippen LogP contribution < -0.4 is 16.2 Å². The first-order valence-electron chi connectivity index (χ1n) is 11.6. The van der Waals surface area contributed by atoms with Gasteiger partial charge in [0.25, 0.3) is 17.4 Å². The molecule has 2 amide bonds. The summed E-state index contributed by atoms with van der Waals surface area (Å²) in [6.07, 6.45) is 3.16. The number of hydrogen-bond acceptors (Lipinski definition) is 3. The van der Waals surface area contributed by atoms with Crippen molar-refractivity contribution >= 4 is 17.5 Å². The summed E-state index contributed by atoms with van der Waals surface area (Å²) in [7, 11) is 0. The summed E-state index contributed by atoms with van der Waals surface area (Å²) in [5, 5.41) is 5.65. The maximum Gasteiger partial charge on any atom is 0.267 e. The topological polar surface area (TPSA) is 80.2 Å². The van der Waals surface area contributed by atoms with Crippen molar-refractivity contribution in [1.29, 1.82) is 0 Å². The number of halogens is 1. The number of hydrogen-bond donors (Lipinski definition) is 2. The standard InChI is InChI=1S/C29H26FN3O3/c1-20(9-10-21-6-3-2-4-7-21)31-28(35)26-8-5-19-33(29(26)36)25-17-15-24(16-18-25)32-27(34)22-11-13-23(30)14-12-22/h2-8,11-20H,9-10H2,1H3,(H,31,35)(H,32,34)/t20-/m1/s1. The number of benzene rings is 3. The predicted molar refractivity (Wildman–Crippen MR) is 138 cm³/mol. The van der Waals surface area contributed by atoms with Crippen molar-refractivity contribution in [3.05, 3.63) is 130 Å². The molecule has 36 heavy (non-hydrogen) atoms. The van der Waals surface area contributed by atoms with Gasteiger partial charge < -0.3 is 10.6 Å². The molecule has 0 fully saturated rings. The summed E-state index contributed by atoms with van der Waals surface area (Å²) >= 11 is 0. The summed E-state index contributed by atoms with van der Waals surface area (Å²) in [4.78, 5) is 38.2. The van der Waals surface area contributed by atoms with Crippen molar-refractivity contribution in [3.8, 4) is 5.69 Å². The molecule has 182 valence electrons. The number of carbonyl (C=O) groups is 2. The SMILES string of the molecule is C[C@H](CCc1ccccc1)NC(=O)c1cccn(-c2ccc(NC(=O)c3ccc(F)cc3)cc2)c1=O. The van der Waals surface area contributed by atoms with E-state index in [1.807, 2.05) is 37.3 Å².